The Labute approximate surface area is 103 Å². The Bertz CT molecular complexity index is 681. The summed E-state index contributed by atoms with van der Waals surface area (Å²) in [6, 6.07) is 7.11. The van der Waals surface area contributed by atoms with Gasteiger partial charge in [-0.15, -0.1) is 0 Å². The van der Waals surface area contributed by atoms with Crippen molar-refractivity contribution in [3.05, 3.63) is 39.6 Å². The summed E-state index contributed by atoms with van der Waals surface area (Å²) in [7, 11) is 0. The Kier molecular flexibility index (Phi) is 2.30. The minimum atomic E-state index is -0.385. The van der Waals surface area contributed by atoms with Gasteiger partial charge in [-0.1, -0.05) is 0 Å². The van der Waals surface area contributed by atoms with E-state index in [2.05, 4.69) is 11.1 Å². The second-order valence-corrected chi connectivity index (χ2v) is 4.58. The maximum Gasteiger partial charge on any atom is 0.270 e. The van der Waals surface area contributed by atoms with Gasteiger partial charge in [0, 0.05) is 28.7 Å². The molecule has 0 spiro atoms. The maximum absolute atomic E-state index is 10.8. The molecule has 1 heterocycles. The number of nitriles is 1. The summed E-state index contributed by atoms with van der Waals surface area (Å²) >= 11 is 0. The number of hydrogen-bond donors (Lipinski definition) is 1. The molecule has 1 N–H and O–H groups in total. The molecule has 0 amide bonds. The molecule has 5 nitrogen and oxygen atoms in total. The largest absolute Gasteiger partial charge is 0.357 e. The molecule has 0 saturated carbocycles. The highest BCUT2D eigenvalue weighted by molar-refractivity contribution is 5.87. The van der Waals surface area contributed by atoms with E-state index in [-0.39, 0.29) is 16.5 Å². The summed E-state index contributed by atoms with van der Waals surface area (Å²) in [5.41, 5.74) is 3.00. The van der Waals surface area contributed by atoms with Gasteiger partial charge in [0.15, 0.2) is 0 Å². The van der Waals surface area contributed by atoms with Crippen LogP contribution in [0.4, 0.5) is 5.69 Å². The lowest BCUT2D eigenvalue weighted by Gasteiger charge is -2.16. The molecule has 5 heteroatoms. The fourth-order valence-corrected chi connectivity index (χ4v) is 2.69. The van der Waals surface area contributed by atoms with Crippen molar-refractivity contribution in [1.82, 2.24) is 4.98 Å². The van der Waals surface area contributed by atoms with E-state index in [1.807, 2.05) is 0 Å². The van der Waals surface area contributed by atoms with Gasteiger partial charge in [0.05, 0.1) is 16.9 Å². The van der Waals surface area contributed by atoms with Crippen LogP contribution < -0.4 is 0 Å². The van der Waals surface area contributed by atoms with E-state index >= 15 is 0 Å². The Morgan fingerprint density at radius 2 is 2.33 bits per heavy atom. The van der Waals surface area contributed by atoms with Crippen molar-refractivity contribution < 1.29 is 4.92 Å². The number of nitrogens with zero attached hydrogens (tertiary/aromatic N) is 2. The molecule has 1 atom stereocenters. The molecule has 18 heavy (non-hydrogen) atoms. The molecule has 0 saturated heterocycles. The lowest BCUT2D eigenvalue weighted by atomic mass is 9.88. The van der Waals surface area contributed by atoms with Crippen molar-refractivity contribution in [2.75, 3.05) is 0 Å². The summed E-state index contributed by atoms with van der Waals surface area (Å²) in [6.45, 7) is 0. The molecule has 0 unspecified atom stereocenters. The average Bonchev–Trinajstić information content (AvgIpc) is 2.76. The molecule has 2 aromatic rings. The second-order valence-electron chi connectivity index (χ2n) is 4.58. The molecule has 0 bridgehead atoms. The molecule has 1 aliphatic carbocycles. The summed E-state index contributed by atoms with van der Waals surface area (Å²) in [5.74, 6) is -0.111. The number of hydrogen-bond acceptors (Lipinski definition) is 3. The molecule has 0 aliphatic heterocycles. The van der Waals surface area contributed by atoms with Crippen LogP contribution in [0, 0.1) is 21.4 Å². The highest BCUT2D eigenvalue weighted by Crippen LogP contribution is 2.36. The fraction of sp³-hybridized carbons (Fsp3) is 0.308. The number of nitrogens with one attached hydrogen (secondary N) is 1. The minimum Gasteiger partial charge on any atom is -0.357 e. The molecular weight excluding hydrogens is 230 g/mol. The Morgan fingerprint density at radius 3 is 3.06 bits per heavy atom. The molecule has 1 aliphatic rings. The van der Waals surface area contributed by atoms with Crippen LogP contribution in [-0.2, 0) is 6.42 Å². The number of aromatic amines is 1. The summed E-state index contributed by atoms with van der Waals surface area (Å²) < 4.78 is 0. The van der Waals surface area contributed by atoms with Crippen LogP contribution in [0.15, 0.2) is 18.2 Å². The maximum atomic E-state index is 10.8. The van der Waals surface area contributed by atoms with Crippen molar-refractivity contribution >= 4 is 16.6 Å². The number of aromatic nitrogens is 1. The number of H-pyrrole nitrogens is 1. The molecule has 0 radical (unpaired) electrons. The number of nitro groups is 1. The van der Waals surface area contributed by atoms with Crippen LogP contribution in [0.1, 0.15) is 30.0 Å². The zero-order chi connectivity index (χ0) is 12.7. The first-order valence-electron chi connectivity index (χ1n) is 5.89. The first-order chi connectivity index (χ1) is 8.70. The quantitative estimate of drug-likeness (QED) is 0.615. The van der Waals surface area contributed by atoms with Gasteiger partial charge in [0.1, 0.15) is 0 Å². The van der Waals surface area contributed by atoms with E-state index in [1.54, 1.807) is 12.1 Å². The van der Waals surface area contributed by atoms with Gasteiger partial charge in [-0.2, -0.15) is 5.26 Å². The smallest absolute Gasteiger partial charge is 0.270 e. The van der Waals surface area contributed by atoms with Crippen molar-refractivity contribution in [3.8, 4) is 6.07 Å². The first kappa shape index (κ1) is 10.8. The van der Waals surface area contributed by atoms with E-state index in [1.165, 1.54) is 6.07 Å². The minimum absolute atomic E-state index is 0.100. The van der Waals surface area contributed by atoms with Gasteiger partial charge in [-0.3, -0.25) is 10.1 Å². The fourth-order valence-electron chi connectivity index (χ4n) is 2.69. The van der Waals surface area contributed by atoms with Crippen LogP contribution in [0.25, 0.3) is 10.9 Å². The van der Waals surface area contributed by atoms with E-state index in [0.29, 0.717) is 0 Å². The van der Waals surface area contributed by atoms with Gasteiger partial charge in [-0.05, 0) is 30.9 Å². The average molecular weight is 241 g/mol. The van der Waals surface area contributed by atoms with Crippen molar-refractivity contribution in [1.29, 1.82) is 5.26 Å². The third-order valence-corrected chi connectivity index (χ3v) is 3.56. The number of benzene rings is 1. The number of non-ortho nitro benzene ring substituents is 1. The normalized spacial score (nSPS) is 18.3. The van der Waals surface area contributed by atoms with Crippen LogP contribution in [0.2, 0.25) is 0 Å². The van der Waals surface area contributed by atoms with E-state index in [9.17, 15) is 10.1 Å². The van der Waals surface area contributed by atoms with Gasteiger partial charge in [0.2, 0.25) is 0 Å². The van der Waals surface area contributed by atoms with Crippen molar-refractivity contribution in [2.24, 2.45) is 0 Å². The zero-order valence-corrected chi connectivity index (χ0v) is 9.64. The van der Waals surface area contributed by atoms with E-state index < -0.39 is 0 Å². The highest BCUT2D eigenvalue weighted by Gasteiger charge is 2.24. The summed E-state index contributed by atoms with van der Waals surface area (Å²) in [6.07, 6.45) is 2.70. The summed E-state index contributed by atoms with van der Waals surface area (Å²) in [5, 5.41) is 20.8. The molecule has 90 valence electrons. The predicted molar refractivity (Wildman–Crippen MR) is 66.2 cm³/mol. The molecule has 1 aromatic carbocycles. The number of aryl methyl sites for hydroxylation is 1. The summed E-state index contributed by atoms with van der Waals surface area (Å²) in [4.78, 5) is 13.7. The topological polar surface area (TPSA) is 82.7 Å². The number of fused-ring (bicyclic) bond motifs is 3. The monoisotopic (exact) mass is 241 g/mol. The Hall–Kier alpha value is -2.35. The molecule has 0 fully saturated rings. The lowest BCUT2D eigenvalue weighted by Crippen LogP contribution is -2.06. The highest BCUT2D eigenvalue weighted by atomic mass is 16.6. The van der Waals surface area contributed by atoms with Gasteiger partial charge >= 0.3 is 0 Å². The standard InChI is InChI=1S/C13H11N3O2/c14-7-8-2-1-3-10-11-6-9(16(17)18)4-5-12(11)15-13(8)10/h4-6,8,15H,1-3H2/t8-/m1/s1. The van der Waals surface area contributed by atoms with Crippen LogP contribution in [0.5, 0.6) is 0 Å². The molecule has 3 rings (SSSR count). The second kappa shape index (κ2) is 3.84. The van der Waals surface area contributed by atoms with E-state index in [0.717, 1.165) is 41.4 Å². The number of rotatable bonds is 1. The third-order valence-electron chi connectivity index (χ3n) is 3.56. The third kappa shape index (κ3) is 1.46. The van der Waals surface area contributed by atoms with Gasteiger partial charge in [0.25, 0.3) is 5.69 Å². The Morgan fingerprint density at radius 1 is 1.50 bits per heavy atom. The van der Waals surface area contributed by atoms with Crippen LogP contribution in [-0.4, -0.2) is 9.91 Å². The zero-order valence-electron chi connectivity index (χ0n) is 9.64. The predicted octanol–water partition coefficient (Wildman–Crippen LogP) is 3.02. The van der Waals surface area contributed by atoms with Gasteiger partial charge in [-0.25, -0.2) is 0 Å². The Balaban J connectivity index is 2.25. The van der Waals surface area contributed by atoms with Crippen molar-refractivity contribution in [2.45, 2.75) is 25.2 Å². The first-order valence-corrected chi connectivity index (χ1v) is 5.89. The van der Waals surface area contributed by atoms with Crippen LogP contribution >= 0.6 is 0 Å². The number of nitro benzene ring substituents is 1. The SMILES string of the molecule is N#C[C@H]1CCCc2c1[nH]c1ccc([N+](=O)[O-])cc21. The lowest BCUT2D eigenvalue weighted by molar-refractivity contribution is -0.384. The molecule has 1 aromatic heterocycles. The van der Waals surface area contributed by atoms with E-state index in [4.69, 9.17) is 5.26 Å². The molecular formula is C13H11N3O2. The van der Waals surface area contributed by atoms with Crippen molar-refractivity contribution in [3.63, 3.8) is 0 Å². The van der Waals surface area contributed by atoms with Crippen LogP contribution in [0.3, 0.4) is 0 Å². The van der Waals surface area contributed by atoms with Gasteiger partial charge < -0.3 is 4.98 Å².